The summed E-state index contributed by atoms with van der Waals surface area (Å²) in [5.74, 6) is -0.804. The van der Waals surface area contributed by atoms with Crippen molar-refractivity contribution < 1.29 is 19.4 Å². The summed E-state index contributed by atoms with van der Waals surface area (Å²) in [4.78, 5) is 26.9. The minimum absolute atomic E-state index is 0.00829. The summed E-state index contributed by atoms with van der Waals surface area (Å²) in [6.07, 6.45) is 2.00. The zero-order valence-electron chi connectivity index (χ0n) is 12.0. The van der Waals surface area contributed by atoms with Crippen LogP contribution < -0.4 is 0 Å². The van der Waals surface area contributed by atoms with E-state index in [0.717, 1.165) is 6.42 Å². The van der Waals surface area contributed by atoms with Crippen molar-refractivity contribution in [2.24, 2.45) is 5.92 Å². The van der Waals surface area contributed by atoms with Gasteiger partial charge in [-0.25, -0.2) is 4.79 Å². The first-order valence-electron chi connectivity index (χ1n) is 7.23. The molecule has 0 radical (unpaired) electrons. The van der Waals surface area contributed by atoms with Gasteiger partial charge in [0.05, 0.1) is 7.11 Å². The van der Waals surface area contributed by atoms with Gasteiger partial charge in [-0.2, -0.15) is 0 Å². The van der Waals surface area contributed by atoms with E-state index >= 15 is 0 Å². The molecule has 0 saturated carbocycles. The van der Waals surface area contributed by atoms with E-state index in [1.165, 1.54) is 7.11 Å². The molecule has 2 aliphatic rings. The third-order valence-electron chi connectivity index (χ3n) is 4.88. The van der Waals surface area contributed by atoms with Crippen LogP contribution in [0.4, 0.5) is 0 Å². The van der Waals surface area contributed by atoms with Crippen LogP contribution in [-0.4, -0.2) is 47.2 Å². The standard InChI is InChI=1S/C16H19NO4/c1-21-15(20)16-8-7-13(9-12(16)10-18)17(16)14(19)11-5-3-2-4-6-11/h2-6,12-13,18H,7-10H2,1H3/t12-,13+,16-/m0/s1. The molecule has 3 rings (SSSR count). The molecular weight excluding hydrogens is 270 g/mol. The van der Waals surface area contributed by atoms with Crippen LogP contribution in [-0.2, 0) is 9.53 Å². The Balaban J connectivity index is 2.01. The number of ether oxygens (including phenoxy) is 1. The molecule has 2 fully saturated rings. The van der Waals surface area contributed by atoms with E-state index in [1.807, 2.05) is 6.07 Å². The van der Waals surface area contributed by atoms with Crippen LogP contribution in [0.25, 0.3) is 0 Å². The fourth-order valence-electron chi connectivity index (χ4n) is 3.95. The van der Waals surface area contributed by atoms with Crippen LogP contribution in [0.2, 0.25) is 0 Å². The maximum atomic E-state index is 12.8. The van der Waals surface area contributed by atoms with E-state index in [4.69, 9.17) is 4.74 Å². The number of rotatable bonds is 3. The van der Waals surface area contributed by atoms with Gasteiger partial charge in [0, 0.05) is 24.1 Å². The van der Waals surface area contributed by atoms with Crippen LogP contribution in [0, 0.1) is 5.92 Å². The summed E-state index contributed by atoms with van der Waals surface area (Å²) in [5.41, 5.74) is -0.433. The fraction of sp³-hybridized carbons (Fsp3) is 0.500. The largest absolute Gasteiger partial charge is 0.467 e. The highest BCUT2D eigenvalue weighted by Crippen LogP contribution is 2.51. The summed E-state index contributed by atoms with van der Waals surface area (Å²) >= 11 is 0. The molecule has 2 saturated heterocycles. The lowest BCUT2D eigenvalue weighted by molar-refractivity contribution is -0.154. The summed E-state index contributed by atoms with van der Waals surface area (Å²) in [6.45, 7) is -0.107. The van der Waals surface area contributed by atoms with E-state index < -0.39 is 11.5 Å². The average molecular weight is 289 g/mol. The number of fused-ring (bicyclic) bond motifs is 2. The highest BCUT2D eigenvalue weighted by Gasteiger charge is 2.64. The van der Waals surface area contributed by atoms with Gasteiger partial charge in [0.1, 0.15) is 5.54 Å². The van der Waals surface area contributed by atoms with Crippen molar-refractivity contribution in [2.75, 3.05) is 13.7 Å². The van der Waals surface area contributed by atoms with E-state index in [9.17, 15) is 14.7 Å². The molecule has 1 aromatic rings. The second kappa shape index (κ2) is 5.15. The van der Waals surface area contributed by atoms with Crippen LogP contribution in [0.3, 0.4) is 0 Å². The third kappa shape index (κ3) is 1.87. The van der Waals surface area contributed by atoms with Crippen molar-refractivity contribution in [3.8, 4) is 0 Å². The maximum absolute atomic E-state index is 12.8. The van der Waals surface area contributed by atoms with Crippen molar-refractivity contribution in [1.29, 1.82) is 0 Å². The number of aliphatic hydroxyl groups excluding tert-OH is 1. The van der Waals surface area contributed by atoms with Crippen molar-refractivity contribution in [1.82, 2.24) is 4.90 Å². The molecule has 2 heterocycles. The number of benzene rings is 1. The smallest absolute Gasteiger partial charge is 0.332 e. The maximum Gasteiger partial charge on any atom is 0.332 e. The molecule has 21 heavy (non-hydrogen) atoms. The van der Waals surface area contributed by atoms with Crippen molar-refractivity contribution in [3.05, 3.63) is 35.9 Å². The minimum atomic E-state index is -0.999. The first-order valence-corrected chi connectivity index (χ1v) is 7.23. The number of methoxy groups -OCH3 is 1. The lowest BCUT2D eigenvalue weighted by Gasteiger charge is -2.36. The summed E-state index contributed by atoms with van der Waals surface area (Å²) in [7, 11) is 1.34. The Morgan fingerprint density at radius 1 is 1.38 bits per heavy atom. The second-order valence-electron chi connectivity index (χ2n) is 5.76. The molecule has 0 aliphatic carbocycles. The zero-order chi connectivity index (χ0) is 15.0. The second-order valence-corrected chi connectivity index (χ2v) is 5.76. The molecule has 5 nitrogen and oxygen atoms in total. The van der Waals surface area contributed by atoms with Crippen LogP contribution >= 0.6 is 0 Å². The van der Waals surface area contributed by atoms with Crippen molar-refractivity contribution in [3.63, 3.8) is 0 Å². The van der Waals surface area contributed by atoms with Gasteiger partial charge in [-0.1, -0.05) is 18.2 Å². The Labute approximate surface area is 123 Å². The Hall–Kier alpha value is -1.88. The van der Waals surface area contributed by atoms with Crippen LogP contribution in [0.15, 0.2) is 30.3 Å². The Kier molecular flexibility index (Phi) is 3.45. The topological polar surface area (TPSA) is 66.8 Å². The Bertz CT molecular complexity index is 559. The number of esters is 1. The van der Waals surface area contributed by atoms with E-state index in [2.05, 4.69) is 0 Å². The van der Waals surface area contributed by atoms with Gasteiger partial charge in [-0.3, -0.25) is 4.79 Å². The molecule has 112 valence electrons. The number of nitrogens with zero attached hydrogens (tertiary/aromatic N) is 1. The third-order valence-corrected chi connectivity index (χ3v) is 4.88. The van der Waals surface area contributed by atoms with E-state index in [0.29, 0.717) is 18.4 Å². The quantitative estimate of drug-likeness (QED) is 0.850. The minimum Gasteiger partial charge on any atom is -0.467 e. The Morgan fingerprint density at radius 3 is 2.71 bits per heavy atom. The fourth-order valence-corrected chi connectivity index (χ4v) is 3.95. The molecular formula is C16H19NO4. The van der Waals surface area contributed by atoms with Gasteiger partial charge in [-0.05, 0) is 31.4 Å². The molecule has 1 amide bonds. The average Bonchev–Trinajstić information content (AvgIpc) is 3.07. The number of hydrogen-bond donors (Lipinski definition) is 1. The molecule has 1 aromatic carbocycles. The molecule has 2 bridgehead atoms. The van der Waals surface area contributed by atoms with Gasteiger partial charge in [0.15, 0.2) is 0 Å². The predicted octanol–water partition coefficient (Wildman–Crippen LogP) is 1.22. The predicted molar refractivity (Wildman–Crippen MR) is 75.6 cm³/mol. The normalized spacial score (nSPS) is 30.5. The molecule has 0 spiro atoms. The number of hydrogen-bond acceptors (Lipinski definition) is 4. The highest BCUT2D eigenvalue weighted by molar-refractivity contribution is 5.99. The molecule has 1 N–H and O–H groups in total. The monoisotopic (exact) mass is 289 g/mol. The van der Waals surface area contributed by atoms with Crippen LogP contribution in [0.1, 0.15) is 29.6 Å². The first kappa shape index (κ1) is 14.1. The van der Waals surface area contributed by atoms with Gasteiger partial charge in [0.2, 0.25) is 0 Å². The lowest BCUT2D eigenvalue weighted by Crippen LogP contribution is -2.55. The number of carbonyl (C=O) groups is 2. The zero-order valence-corrected chi connectivity index (χ0v) is 12.0. The number of amides is 1. The van der Waals surface area contributed by atoms with Gasteiger partial charge in [0.25, 0.3) is 5.91 Å². The number of aliphatic hydroxyl groups is 1. The van der Waals surface area contributed by atoms with Gasteiger partial charge in [-0.15, -0.1) is 0 Å². The molecule has 5 heteroatoms. The van der Waals surface area contributed by atoms with Crippen LogP contribution in [0.5, 0.6) is 0 Å². The summed E-state index contributed by atoms with van der Waals surface area (Å²) in [6, 6.07) is 8.97. The summed E-state index contributed by atoms with van der Waals surface area (Å²) in [5, 5.41) is 9.62. The Morgan fingerprint density at radius 2 is 2.10 bits per heavy atom. The first-order chi connectivity index (χ1) is 10.1. The SMILES string of the molecule is COC(=O)[C@]12CC[C@H](C[C@H]1CO)N2C(=O)c1ccccc1. The lowest BCUT2D eigenvalue weighted by atomic mass is 9.78. The number of carbonyl (C=O) groups excluding carboxylic acids is 2. The molecule has 0 aromatic heterocycles. The summed E-state index contributed by atoms with van der Waals surface area (Å²) < 4.78 is 4.96. The molecule has 2 aliphatic heterocycles. The highest BCUT2D eigenvalue weighted by atomic mass is 16.5. The molecule has 3 atom stereocenters. The van der Waals surface area contributed by atoms with E-state index in [1.54, 1.807) is 29.2 Å². The van der Waals surface area contributed by atoms with Crippen molar-refractivity contribution >= 4 is 11.9 Å². The van der Waals surface area contributed by atoms with Crippen molar-refractivity contribution in [2.45, 2.75) is 30.8 Å². The van der Waals surface area contributed by atoms with E-state index in [-0.39, 0.29) is 24.5 Å². The molecule has 0 unspecified atom stereocenters. The van der Waals surface area contributed by atoms with Gasteiger partial charge >= 0.3 is 5.97 Å². The van der Waals surface area contributed by atoms with Gasteiger partial charge < -0.3 is 14.7 Å².